The number of ketones is 1. The molecule has 2 unspecified atom stereocenters. The van der Waals surface area contributed by atoms with E-state index < -0.39 is 23.3 Å². The lowest BCUT2D eigenvalue weighted by molar-refractivity contribution is -0.947. The topological polar surface area (TPSA) is 74.8 Å². The molecule has 4 rings (SSSR count). The predicted molar refractivity (Wildman–Crippen MR) is 134 cm³/mol. The Morgan fingerprint density at radius 1 is 0.886 bits per heavy atom. The highest BCUT2D eigenvalue weighted by Crippen LogP contribution is 2.40. The number of barbiturate groups is 1. The Bertz CT molecular complexity index is 871. The molecule has 3 saturated heterocycles. The van der Waals surface area contributed by atoms with Crippen molar-refractivity contribution in [3.63, 3.8) is 0 Å². The lowest BCUT2D eigenvalue weighted by Crippen LogP contribution is -2.67. The van der Waals surface area contributed by atoms with E-state index in [0.717, 1.165) is 90.9 Å². The van der Waals surface area contributed by atoms with E-state index in [-0.39, 0.29) is 18.4 Å². The first-order chi connectivity index (χ1) is 16.8. The highest BCUT2D eigenvalue weighted by atomic mass is 16.2. The third-order valence-corrected chi connectivity index (χ3v) is 9.24. The Morgan fingerprint density at radius 2 is 1.49 bits per heavy atom. The van der Waals surface area contributed by atoms with Crippen molar-refractivity contribution in [3.8, 4) is 0 Å². The summed E-state index contributed by atoms with van der Waals surface area (Å²) in [6.45, 7) is 4.47. The lowest BCUT2D eigenvalue weighted by atomic mass is 9.73. The number of imide groups is 2. The smallest absolute Gasteiger partial charge is 0.315 e. The number of hydrogen-bond donors (Lipinski definition) is 0. The van der Waals surface area contributed by atoms with Gasteiger partial charge in [-0.1, -0.05) is 25.3 Å². The van der Waals surface area contributed by atoms with E-state index in [9.17, 15) is 19.2 Å². The van der Waals surface area contributed by atoms with Crippen molar-refractivity contribution in [3.05, 3.63) is 11.6 Å². The molecule has 4 amide bonds. The van der Waals surface area contributed by atoms with Gasteiger partial charge in [0, 0.05) is 13.5 Å². The standard InChI is InChI=1S/C28H44N3O4/c1-28(22-15-9-8-10-16-22)25(33)29(2)27(35)30(26(28)34)21-24(32)23-17-11-14-20-31(23)18-12-6-4-3-5-7-13-19-31/h15,23H,3-14,16-21H2,1-2H3/q+1. The van der Waals surface area contributed by atoms with Crippen LogP contribution in [0.5, 0.6) is 0 Å². The molecule has 0 radical (unpaired) electrons. The zero-order chi connectivity index (χ0) is 25.1. The molecule has 0 N–H and O–H groups in total. The monoisotopic (exact) mass is 486 g/mol. The predicted octanol–water partition coefficient (Wildman–Crippen LogP) is 4.60. The van der Waals surface area contributed by atoms with Crippen LogP contribution >= 0.6 is 0 Å². The van der Waals surface area contributed by atoms with Gasteiger partial charge in [0.2, 0.25) is 11.7 Å². The molecular weight excluding hydrogens is 442 g/mol. The summed E-state index contributed by atoms with van der Waals surface area (Å²) >= 11 is 0. The number of nitrogens with zero attached hydrogens (tertiary/aromatic N) is 3. The SMILES string of the molecule is CN1C(=O)N(CC(=O)C2CCCC[N+]23CCCCCCCCC3)C(=O)C(C)(C2=CCCCC2)C1=O. The number of allylic oxidation sites excluding steroid dienone is 1. The first-order valence-corrected chi connectivity index (χ1v) is 14.0. The van der Waals surface area contributed by atoms with Gasteiger partial charge in [0.25, 0.3) is 5.91 Å². The molecule has 0 bridgehead atoms. The van der Waals surface area contributed by atoms with Crippen LogP contribution in [0.3, 0.4) is 0 Å². The minimum absolute atomic E-state index is 0.00816. The maximum absolute atomic E-state index is 13.9. The molecule has 3 heterocycles. The van der Waals surface area contributed by atoms with Crippen molar-refractivity contribution in [2.45, 2.75) is 103 Å². The van der Waals surface area contributed by atoms with Crippen LogP contribution in [0.25, 0.3) is 0 Å². The zero-order valence-corrected chi connectivity index (χ0v) is 21.9. The fourth-order valence-corrected chi connectivity index (χ4v) is 7.06. The van der Waals surface area contributed by atoms with Gasteiger partial charge in [0.15, 0.2) is 6.04 Å². The molecule has 0 aromatic rings. The molecule has 2 atom stereocenters. The molecule has 4 aliphatic rings. The van der Waals surface area contributed by atoms with Gasteiger partial charge in [-0.3, -0.25) is 24.2 Å². The summed E-state index contributed by atoms with van der Waals surface area (Å²) < 4.78 is 0.826. The van der Waals surface area contributed by atoms with Gasteiger partial charge in [-0.25, -0.2) is 4.79 Å². The second kappa shape index (κ2) is 10.9. The van der Waals surface area contributed by atoms with Crippen LogP contribution in [0.4, 0.5) is 4.79 Å². The molecule has 0 aromatic heterocycles. The number of rotatable bonds is 4. The highest BCUT2D eigenvalue weighted by Gasteiger charge is 2.56. The minimum atomic E-state index is -1.39. The van der Waals surface area contributed by atoms with Crippen molar-refractivity contribution in [1.82, 2.24) is 9.80 Å². The lowest BCUT2D eigenvalue weighted by Gasteiger charge is -2.48. The summed E-state index contributed by atoms with van der Waals surface area (Å²) in [6, 6.07) is -0.822. The second-order valence-electron chi connectivity index (χ2n) is 11.5. The largest absolute Gasteiger partial charge is 0.333 e. The average Bonchev–Trinajstić information content (AvgIpc) is 2.89. The van der Waals surface area contributed by atoms with Crippen molar-refractivity contribution in [1.29, 1.82) is 0 Å². The van der Waals surface area contributed by atoms with Gasteiger partial charge < -0.3 is 4.48 Å². The molecule has 0 saturated carbocycles. The number of amides is 4. The number of Topliss-reactive ketones (excluding diaryl/α,β-unsaturated/α-hetero) is 1. The third-order valence-electron chi connectivity index (χ3n) is 9.24. The Morgan fingerprint density at radius 3 is 2.09 bits per heavy atom. The number of carbonyl (C=O) groups is 4. The quantitative estimate of drug-likeness (QED) is 0.331. The Balaban J connectivity index is 1.57. The normalized spacial score (nSPS) is 30.9. The van der Waals surface area contributed by atoms with E-state index in [4.69, 9.17) is 0 Å². The third kappa shape index (κ3) is 4.98. The van der Waals surface area contributed by atoms with Crippen LogP contribution < -0.4 is 0 Å². The van der Waals surface area contributed by atoms with Crippen LogP contribution in [0.1, 0.15) is 96.8 Å². The fourth-order valence-electron chi connectivity index (χ4n) is 7.06. The molecule has 0 aromatic carbocycles. The van der Waals surface area contributed by atoms with E-state index >= 15 is 0 Å². The number of piperidine rings is 1. The molecule has 1 aliphatic carbocycles. The van der Waals surface area contributed by atoms with Crippen molar-refractivity contribution >= 4 is 23.6 Å². The maximum Gasteiger partial charge on any atom is 0.333 e. The van der Waals surface area contributed by atoms with Crippen molar-refractivity contribution in [2.75, 3.05) is 33.2 Å². The van der Waals surface area contributed by atoms with Gasteiger partial charge in [-0.15, -0.1) is 0 Å². The second-order valence-corrected chi connectivity index (χ2v) is 11.5. The van der Waals surface area contributed by atoms with E-state index in [1.54, 1.807) is 6.92 Å². The molecule has 3 fully saturated rings. The van der Waals surface area contributed by atoms with Crippen molar-refractivity contribution < 1.29 is 23.7 Å². The first kappa shape index (κ1) is 26.1. The number of quaternary nitrogens is 1. The highest BCUT2D eigenvalue weighted by molar-refractivity contribution is 6.21. The first-order valence-electron chi connectivity index (χ1n) is 14.0. The molecule has 194 valence electrons. The van der Waals surface area contributed by atoms with E-state index in [2.05, 4.69) is 0 Å². The molecular formula is C28H44N3O4+. The summed E-state index contributed by atoms with van der Waals surface area (Å²) in [6.07, 6.45) is 17.0. The van der Waals surface area contributed by atoms with Crippen LogP contribution in [0, 0.1) is 5.41 Å². The molecule has 1 spiro atoms. The number of carbonyl (C=O) groups excluding carboxylic acids is 4. The summed E-state index contributed by atoms with van der Waals surface area (Å²) in [5.74, 6) is -0.997. The van der Waals surface area contributed by atoms with Gasteiger partial charge >= 0.3 is 6.03 Å². The van der Waals surface area contributed by atoms with E-state index in [1.165, 1.54) is 39.2 Å². The molecule has 7 nitrogen and oxygen atoms in total. The van der Waals surface area contributed by atoms with Crippen molar-refractivity contribution in [2.24, 2.45) is 5.41 Å². The molecule has 3 aliphatic heterocycles. The van der Waals surface area contributed by atoms with Gasteiger partial charge in [0.1, 0.15) is 5.41 Å². The van der Waals surface area contributed by atoms with Crippen LogP contribution in [-0.4, -0.2) is 77.2 Å². The summed E-state index contributed by atoms with van der Waals surface area (Å²) in [5, 5.41) is 0. The van der Waals surface area contributed by atoms with Crippen LogP contribution in [0.15, 0.2) is 11.6 Å². The maximum atomic E-state index is 13.9. The van der Waals surface area contributed by atoms with Crippen LogP contribution in [-0.2, 0) is 14.4 Å². The zero-order valence-electron chi connectivity index (χ0n) is 21.9. The number of hydrogen-bond acceptors (Lipinski definition) is 4. The number of urea groups is 1. The van der Waals surface area contributed by atoms with E-state index in [1.807, 2.05) is 6.08 Å². The fraction of sp³-hybridized carbons (Fsp3) is 0.786. The average molecular weight is 487 g/mol. The van der Waals surface area contributed by atoms with Gasteiger partial charge in [-0.05, 0) is 76.7 Å². The van der Waals surface area contributed by atoms with Crippen LogP contribution in [0.2, 0.25) is 0 Å². The van der Waals surface area contributed by atoms with Gasteiger partial charge in [0.05, 0.1) is 26.2 Å². The Hall–Kier alpha value is -2.02. The summed E-state index contributed by atoms with van der Waals surface area (Å²) in [5.41, 5.74) is -0.591. The van der Waals surface area contributed by atoms with Gasteiger partial charge in [-0.2, -0.15) is 0 Å². The Labute approximate surface area is 210 Å². The molecule has 35 heavy (non-hydrogen) atoms. The Kier molecular flexibility index (Phi) is 8.14. The summed E-state index contributed by atoms with van der Waals surface area (Å²) in [4.78, 5) is 56.1. The van der Waals surface area contributed by atoms with E-state index in [0.29, 0.717) is 6.42 Å². The summed E-state index contributed by atoms with van der Waals surface area (Å²) in [7, 11) is 1.44. The minimum Gasteiger partial charge on any atom is -0.315 e. The molecule has 7 heteroatoms.